The zero-order chi connectivity index (χ0) is 22.0. The number of carboxylic acids is 1. The molecule has 0 radical (unpaired) electrons. The lowest BCUT2D eigenvalue weighted by molar-refractivity contribution is -0.142. The zero-order valence-corrected chi connectivity index (χ0v) is 17.3. The maximum Gasteiger partial charge on any atom is 0.326 e. The molecule has 0 aromatic rings. The first-order valence-electron chi connectivity index (χ1n) is 9.36. The van der Waals surface area contributed by atoms with Gasteiger partial charge < -0.3 is 36.6 Å². The van der Waals surface area contributed by atoms with Gasteiger partial charge in [0.2, 0.25) is 17.7 Å². The third-order valence-corrected chi connectivity index (χ3v) is 5.12. The average Bonchev–Trinajstić information content (AvgIpc) is 3.21. The van der Waals surface area contributed by atoms with Crippen molar-refractivity contribution in [3.05, 3.63) is 0 Å². The molecule has 0 aliphatic carbocycles. The van der Waals surface area contributed by atoms with Gasteiger partial charge in [0.25, 0.3) is 0 Å². The highest BCUT2D eigenvalue weighted by molar-refractivity contribution is 7.98. The van der Waals surface area contributed by atoms with E-state index >= 15 is 0 Å². The van der Waals surface area contributed by atoms with Gasteiger partial charge in [-0.2, -0.15) is 11.8 Å². The number of rotatable bonds is 12. The molecule has 11 nitrogen and oxygen atoms in total. The van der Waals surface area contributed by atoms with Gasteiger partial charge in [0, 0.05) is 0 Å². The molecule has 1 aliphatic heterocycles. The molecule has 12 heteroatoms. The predicted octanol–water partition coefficient (Wildman–Crippen LogP) is -2.60. The van der Waals surface area contributed by atoms with Crippen molar-refractivity contribution in [3.8, 4) is 0 Å². The minimum absolute atomic E-state index is 0.176. The van der Waals surface area contributed by atoms with Gasteiger partial charge >= 0.3 is 5.97 Å². The summed E-state index contributed by atoms with van der Waals surface area (Å²) in [5.41, 5.74) is 0. The normalized spacial score (nSPS) is 20.2. The minimum atomic E-state index is -1.43. The summed E-state index contributed by atoms with van der Waals surface area (Å²) in [6.07, 6.45) is 2.14. The smallest absolute Gasteiger partial charge is 0.326 e. The van der Waals surface area contributed by atoms with E-state index in [1.165, 1.54) is 18.7 Å². The second kappa shape index (κ2) is 12.6. The Kier molecular flexibility index (Phi) is 10.9. The molecule has 7 N–H and O–H groups in total. The summed E-state index contributed by atoms with van der Waals surface area (Å²) in [4.78, 5) is 48.3. The molecule has 5 unspecified atom stereocenters. The van der Waals surface area contributed by atoms with Crippen molar-refractivity contribution in [2.75, 3.05) is 25.2 Å². The molecule has 1 heterocycles. The molecule has 3 amide bonds. The topological polar surface area (TPSA) is 177 Å². The fraction of sp³-hybridized carbons (Fsp3) is 0.765. The summed E-state index contributed by atoms with van der Waals surface area (Å²) in [5, 5.41) is 38.5. The molecule has 0 saturated carbocycles. The fourth-order valence-electron chi connectivity index (χ4n) is 2.79. The van der Waals surface area contributed by atoms with Crippen LogP contribution < -0.4 is 21.3 Å². The van der Waals surface area contributed by atoms with Crippen LogP contribution in [0.1, 0.15) is 26.2 Å². The molecule has 0 aromatic heterocycles. The van der Waals surface area contributed by atoms with E-state index in [-0.39, 0.29) is 6.42 Å². The van der Waals surface area contributed by atoms with Crippen LogP contribution in [0.3, 0.4) is 0 Å². The van der Waals surface area contributed by atoms with Crippen LogP contribution in [0.25, 0.3) is 0 Å². The van der Waals surface area contributed by atoms with Crippen LogP contribution >= 0.6 is 11.8 Å². The summed E-state index contributed by atoms with van der Waals surface area (Å²) in [7, 11) is 0. The number of aliphatic hydroxyl groups is 2. The summed E-state index contributed by atoms with van der Waals surface area (Å²) in [5.74, 6) is -2.91. The Bertz CT molecular complexity index is 584. The van der Waals surface area contributed by atoms with Gasteiger partial charge in [0.15, 0.2) is 0 Å². The molecular weight excluding hydrogens is 404 g/mol. The lowest BCUT2D eigenvalue weighted by Gasteiger charge is -2.25. The highest BCUT2D eigenvalue weighted by atomic mass is 32.2. The third-order valence-electron chi connectivity index (χ3n) is 4.48. The van der Waals surface area contributed by atoms with Crippen LogP contribution in [0.2, 0.25) is 0 Å². The number of carbonyl (C=O) groups is 4. The minimum Gasteiger partial charge on any atom is -0.480 e. The quantitative estimate of drug-likeness (QED) is 0.174. The Balaban J connectivity index is 2.72. The Morgan fingerprint density at radius 3 is 2.28 bits per heavy atom. The van der Waals surface area contributed by atoms with Gasteiger partial charge in [0.1, 0.15) is 18.1 Å². The first-order chi connectivity index (χ1) is 13.7. The molecule has 0 aromatic carbocycles. The van der Waals surface area contributed by atoms with Gasteiger partial charge in [-0.15, -0.1) is 0 Å². The van der Waals surface area contributed by atoms with Gasteiger partial charge in [-0.3, -0.25) is 14.4 Å². The number of carboxylic acid groups (broad SMARTS) is 1. The molecule has 0 bridgehead atoms. The Labute approximate surface area is 173 Å². The number of thioether (sulfide) groups is 1. The number of aliphatic carboxylic acids is 1. The van der Waals surface area contributed by atoms with E-state index in [1.54, 1.807) is 6.26 Å². The predicted molar refractivity (Wildman–Crippen MR) is 106 cm³/mol. The van der Waals surface area contributed by atoms with E-state index in [0.29, 0.717) is 18.7 Å². The van der Waals surface area contributed by atoms with Crippen LogP contribution in [0.5, 0.6) is 0 Å². The number of nitrogens with one attached hydrogen (secondary N) is 4. The Morgan fingerprint density at radius 1 is 1.14 bits per heavy atom. The van der Waals surface area contributed by atoms with E-state index in [4.69, 9.17) is 0 Å². The molecule has 1 rings (SSSR count). The van der Waals surface area contributed by atoms with Crippen molar-refractivity contribution in [1.29, 1.82) is 0 Å². The first-order valence-corrected chi connectivity index (χ1v) is 10.8. The standard InChI is InChI=1S/C17H30N4O7S/c1-9(23)13(21-14(24)10-4-3-6-18-10)16(26)20-12(8-22)15(25)19-11(17(27)28)5-7-29-2/h9-13,18,22-23H,3-8H2,1-2H3,(H,19,25)(H,20,26)(H,21,24)(H,27,28). The number of hydrogen-bond donors (Lipinski definition) is 7. The SMILES string of the molecule is CSCCC(NC(=O)C(CO)NC(=O)C(NC(=O)C1CCCN1)C(C)O)C(=O)O. The summed E-state index contributed by atoms with van der Waals surface area (Å²) in [6, 6.07) is -4.39. The van der Waals surface area contributed by atoms with Crippen molar-refractivity contribution in [2.45, 2.75) is 56.5 Å². The van der Waals surface area contributed by atoms with E-state index in [1.807, 2.05) is 0 Å². The summed E-state index contributed by atoms with van der Waals surface area (Å²) in [6.45, 7) is 1.21. The number of hydrogen-bond acceptors (Lipinski definition) is 8. The molecule has 166 valence electrons. The molecule has 1 aliphatic rings. The lowest BCUT2D eigenvalue weighted by atomic mass is 10.1. The van der Waals surface area contributed by atoms with Crippen LogP contribution in [-0.4, -0.2) is 94.4 Å². The average molecular weight is 435 g/mol. The van der Waals surface area contributed by atoms with E-state index in [0.717, 1.165) is 6.42 Å². The Morgan fingerprint density at radius 2 is 1.79 bits per heavy atom. The van der Waals surface area contributed by atoms with Gasteiger partial charge in [-0.05, 0) is 44.7 Å². The van der Waals surface area contributed by atoms with Crippen molar-refractivity contribution in [3.63, 3.8) is 0 Å². The van der Waals surface area contributed by atoms with Crippen LogP contribution in [-0.2, 0) is 19.2 Å². The van der Waals surface area contributed by atoms with Crippen molar-refractivity contribution in [2.24, 2.45) is 0 Å². The molecule has 1 fully saturated rings. The Hall–Kier alpha value is -1.89. The van der Waals surface area contributed by atoms with E-state index in [2.05, 4.69) is 21.3 Å². The third kappa shape index (κ3) is 8.17. The molecular formula is C17H30N4O7S. The number of amides is 3. The zero-order valence-electron chi connectivity index (χ0n) is 16.5. The molecule has 1 saturated heterocycles. The van der Waals surface area contributed by atoms with Crippen molar-refractivity contribution in [1.82, 2.24) is 21.3 Å². The number of aliphatic hydroxyl groups excluding tert-OH is 2. The van der Waals surface area contributed by atoms with Gasteiger partial charge in [-0.1, -0.05) is 0 Å². The second-order valence-electron chi connectivity index (χ2n) is 6.80. The maximum absolute atomic E-state index is 12.5. The van der Waals surface area contributed by atoms with E-state index in [9.17, 15) is 34.5 Å². The highest BCUT2D eigenvalue weighted by Gasteiger charge is 2.33. The maximum atomic E-state index is 12.5. The second-order valence-corrected chi connectivity index (χ2v) is 7.79. The van der Waals surface area contributed by atoms with Crippen molar-refractivity contribution < 1.29 is 34.5 Å². The van der Waals surface area contributed by atoms with Gasteiger partial charge in [0.05, 0.1) is 18.8 Å². The molecule has 5 atom stereocenters. The molecule has 29 heavy (non-hydrogen) atoms. The first kappa shape index (κ1) is 25.1. The number of carbonyl (C=O) groups excluding carboxylic acids is 3. The van der Waals surface area contributed by atoms with Crippen molar-refractivity contribution >= 4 is 35.5 Å². The monoisotopic (exact) mass is 434 g/mol. The largest absolute Gasteiger partial charge is 0.480 e. The van der Waals surface area contributed by atoms with Crippen LogP contribution in [0.4, 0.5) is 0 Å². The molecule has 0 spiro atoms. The van der Waals surface area contributed by atoms with E-state index < -0.39 is 60.6 Å². The highest BCUT2D eigenvalue weighted by Crippen LogP contribution is 2.06. The fourth-order valence-corrected chi connectivity index (χ4v) is 3.26. The summed E-state index contributed by atoms with van der Waals surface area (Å²) >= 11 is 1.42. The van der Waals surface area contributed by atoms with Crippen LogP contribution in [0, 0.1) is 0 Å². The van der Waals surface area contributed by atoms with Gasteiger partial charge in [-0.25, -0.2) is 4.79 Å². The summed E-state index contributed by atoms with van der Waals surface area (Å²) < 4.78 is 0. The van der Waals surface area contributed by atoms with Crippen LogP contribution in [0.15, 0.2) is 0 Å². The lowest BCUT2D eigenvalue weighted by Crippen LogP contribution is -2.60.